The topological polar surface area (TPSA) is 154 Å². The third-order valence-corrected chi connectivity index (χ3v) is 2.33. The maximum atomic E-state index is 11.5. The number of nitrogens with one attached hydrogen (secondary N) is 3. The van der Waals surface area contributed by atoms with Crippen molar-refractivity contribution in [2.24, 2.45) is 0 Å². The Morgan fingerprint density at radius 2 is 1.76 bits per heavy atom. The first-order valence-electron chi connectivity index (χ1n) is 6.06. The van der Waals surface area contributed by atoms with E-state index in [1.165, 1.54) is 14.0 Å². The molecule has 0 heterocycles. The highest BCUT2D eigenvalue weighted by Gasteiger charge is 2.24. The molecule has 0 aromatic heterocycles. The molecule has 0 aromatic rings. The van der Waals surface area contributed by atoms with Gasteiger partial charge < -0.3 is 30.9 Å². The molecule has 21 heavy (non-hydrogen) atoms. The third kappa shape index (κ3) is 8.42. The van der Waals surface area contributed by atoms with E-state index in [-0.39, 0.29) is 6.54 Å². The number of urea groups is 1. The molecule has 10 heteroatoms. The fourth-order valence-electron chi connectivity index (χ4n) is 1.27. The van der Waals surface area contributed by atoms with Crippen molar-refractivity contribution in [2.45, 2.75) is 25.4 Å². The molecule has 120 valence electrons. The van der Waals surface area contributed by atoms with Crippen molar-refractivity contribution >= 4 is 23.9 Å². The monoisotopic (exact) mass is 305 g/mol. The Kier molecular flexibility index (Phi) is 8.46. The van der Waals surface area contributed by atoms with E-state index >= 15 is 0 Å². The van der Waals surface area contributed by atoms with Crippen LogP contribution < -0.4 is 16.0 Å². The minimum atomic E-state index is -1.58. The van der Waals surface area contributed by atoms with Crippen LogP contribution >= 0.6 is 0 Å². The fraction of sp³-hybridized carbons (Fsp3) is 0.636. The van der Waals surface area contributed by atoms with Gasteiger partial charge in [-0.15, -0.1) is 0 Å². The predicted molar refractivity (Wildman–Crippen MR) is 69.7 cm³/mol. The third-order valence-electron chi connectivity index (χ3n) is 2.33. The zero-order valence-corrected chi connectivity index (χ0v) is 11.7. The Morgan fingerprint density at radius 1 is 1.14 bits per heavy atom. The predicted octanol–water partition coefficient (Wildman–Crippen LogP) is -1.64. The van der Waals surface area contributed by atoms with E-state index in [4.69, 9.17) is 14.9 Å². The lowest BCUT2D eigenvalue weighted by molar-refractivity contribution is -0.145. The summed E-state index contributed by atoms with van der Waals surface area (Å²) in [5, 5.41) is 23.9. The van der Waals surface area contributed by atoms with Crippen LogP contribution in [0.3, 0.4) is 0 Å². The number of carboxylic acid groups (broad SMARTS) is 2. The summed E-state index contributed by atoms with van der Waals surface area (Å²) in [5.74, 6) is -3.33. The molecule has 0 rings (SSSR count). The number of carbonyl (C=O) groups is 4. The second-order valence-corrected chi connectivity index (χ2v) is 4.11. The number of methoxy groups -OCH3 is 1. The van der Waals surface area contributed by atoms with Crippen LogP contribution in [0.25, 0.3) is 0 Å². The quantitative estimate of drug-likeness (QED) is 0.320. The number of carbonyl (C=O) groups excluding carboxylic acids is 2. The van der Waals surface area contributed by atoms with Gasteiger partial charge in [-0.3, -0.25) is 9.59 Å². The zero-order chi connectivity index (χ0) is 16.4. The second kappa shape index (κ2) is 9.53. The van der Waals surface area contributed by atoms with Gasteiger partial charge in [0.2, 0.25) is 5.91 Å². The first-order chi connectivity index (χ1) is 9.77. The van der Waals surface area contributed by atoms with Gasteiger partial charge in [-0.2, -0.15) is 0 Å². The molecule has 0 radical (unpaired) electrons. The summed E-state index contributed by atoms with van der Waals surface area (Å²) in [4.78, 5) is 44.3. The number of aliphatic carboxylic acids is 2. The molecule has 10 nitrogen and oxygen atoms in total. The SMILES string of the molecule is COCCNC(=O)C(C)NC(=O)NC(CC(=O)O)C(=O)O. The molecule has 0 fully saturated rings. The van der Waals surface area contributed by atoms with Crippen LogP contribution in [0.2, 0.25) is 0 Å². The van der Waals surface area contributed by atoms with Gasteiger partial charge in [0.15, 0.2) is 0 Å². The summed E-state index contributed by atoms with van der Waals surface area (Å²) in [7, 11) is 1.47. The van der Waals surface area contributed by atoms with Crippen LogP contribution in [0, 0.1) is 0 Å². The Balaban J connectivity index is 4.29. The Labute approximate surface area is 120 Å². The van der Waals surface area contributed by atoms with Crippen LogP contribution in [0.1, 0.15) is 13.3 Å². The number of carboxylic acids is 2. The Hall–Kier alpha value is -2.36. The molecule has 0 aliphatic carbocycles. The highest BCUT2D eigenvalue weighted by Crippen LogP contribution is 1.93. The van der Waals surface area contributed by atoms with Crippen molar-refractivity contribution in [1.29, 1.82) is 0 Å². The molecular formula is C11H19N3O7. The largest absolute Gasteiger partial charge is 0.481 e. The highest BCUT2D eigenvalue weighted by molar-refractivity contribution is 5.89. The lowest BCUT2D eigenvalue weighted by Gasteiger charge is -2.17. The van der Waals surface area contributed by atoms with E-state index in [2.05, 4.69) is 10.6 Å². The Morgan fingerprint density at radius 3 is 2.24 bits per heavy atom. The van der Waals surface area contributed by atoms with Crippen LogP contribution in [-0.4, -0.2) is 66.4 Å². The fourth-order valence-corrected chi connectivity index (χ4v) is 1.27. The highest BCUT2D eigenvalue weighted by atomic mass is 16.5. The molecule has 2 unspecified atom stereocenters. The molecule has 3 amide bonds. The number of hydrogen-bond donors (Lipinski definition) is 5. The van der Waals surface area contributed by atoms with Crippen molar-refractivity contribution in [3.63, 3.8) is 0 Å². The average Bonchev–Trinajstić information content (AvgIpc) is 2.37. The van der Waals surface area contributed by atoms with E-state index in [9.17, 15) is 19.2 Å². The molecule has 0 bridgehead atoms. The molecule has 0 saturated heterocycles. The van der Waals surface area contributed by atoms with E-state index in [0.29, 0.717) is 6.61 Å². The molecule has 5 N–H and O–H groups in total. The minimum absolute atomic E-state index is 0.264. The molecular weight excluding hydrogens is 286 g/mol. The van der Waals surface area contributed by atoms with E-state index < -0.39 is 42.4 Å². The van der Waals surface area contributed by atoms with Gasteiger partial charge in [-0.25, -0.2) is 9.59 Å². The molecule has 0 aliphatic heterocycles. The number of hydrogen-bond acceptors (Lipinski definition) is 5. The smallest absolute Gasteiger partial charge is 0.326 e. The maximum Gasteiger partial charge on any atom is 0.326 e. The van der Waals surface area contributed by atoms with Crippen molar-refractivity contribution < 1.29 is 34.1 Å². The van der Waals surface area contributed by atoms with Crippen molar-refractivity contribution in [3.05, 3.63) is 0 Å². The zero-order valence-electron chi connectivity index (χ0n) is 11.7. The molecule has 0 aromatic carbocycles. The van der Waals surface area contributed by atoms with E-state index in [0.717, 1.165) is 0 Å². The molecule has 0 spiro atoms. The Bertz CT molecular complexity index is 399. The van der Waals surface area contributed by atoms with Gasteiger partial charge in [0.25, 0.3) is 0 Å². The number of amides is 3. The van der Waals surface area contributed by atoms with Crippen molar-refractivity contribution in [2.75, 3.05) is 20.3 Å². The van der Waals surface area contributed by atoms with Crippen LogP contribution in [0.5, 0.6) is 0 Å². The van der Waals surface area contributed by atoms with Crippen LogP contribution in [-0.2, 0) is 19.1 Å². The standard InChI is InChI=1S/C11H19N3O7/c1-6(9(17)12-3-4-21-2)13-11(20)14-7(10(18)19)5-8(15)16/h6-7H,3-5H2,1-2H3,(H,12,17)(H,15,16)(H,18,19)(H2,13,14,20). The van der Waals surface area contributed by atoms with Gasteiger partial charge in [-0.05, 0) is 6.92 Å². The van der Waals surface area contributed by atoms with Gasteiger partial charge >= 0.3 is 18.0 Å². The maximum absolute atomic E-state index is 11.5. The van der Waals surface area contributed by atoms with Gasteiger partial charge in [-0.1, -0.05) is 0 Å². The average molecular weight is 305 g/mol. The van der Waals surface area contributed by atoms with Crippen LogP contribution in [0.15, 0.2) is 0 Å². The number of ether oxygens (including phenoxy) is 1. The van der Waals surface area contributed by atoms with E-state index in [1.54, 1.807) is 0 Å². The first-order valence-corrected chi connectivity index (χ1v) is 6.06. The molecule has 0 aliphatic rings. The molecule has 2 atom stereocenters. The normalized spacial score (nSPS) is 12.9. The number of rotatable bonds is 9. The van der Waals surface area contributed by atoms with Crippen LogP contribution in [0.4, 0.5) is 4.79 Å². The first kappa shape index (κ1) is 18.6. The summed E-state index contributed by atoms with van der Waals surface area (Å²) >= 11 is 0. The van der Waals surface area contributed by atoms with E-state index in [1.807, 2.05) is 5.32 Å². The minimum Gasteiger partial charge on any atom is -0.481 e. The van der Waals surface area contributed by atoms with Gasteiger partial charge in [0.05, 0.1) is 13.0 Å². The van der Waals surface area contributed by atoms with Gasteiger partial charge in [0, 0.05) is 13.7 Å². The summed E-state index contributed by atoms with van der Waals surface area (Å²) < 4.78 is 4.73. The van der Waals surface area contributed by atoms with Gasteiger partial charge in [0.1, 0.15) is 12.1 Å². The lowest BCUT2D eigenvalue weighted by atomic mass is 10.2. The van der Waals surface area contributed by atoms with Crippen molar-refractivity contribution in [3.8, 4) is 0 Å². The van der Waals surface area contributed by atoms with Crippen molar-refractivity contribution in [1.82, 2.24) is 16.0 Å². The second-order valence-electron chi connectivity index (χ2n) is 4.11. The summed E-state index contributed by atoms with van der Waals surface area (Å²) in [6, 6.07) is -3.44. The summed E-state index contributed by atoms with van der Waals surface area (Å²) in [6.45, 7) is 1.97. The summed E-state index contributed by atoms with van der Waals surface area (Å²) in [5.41, 5.74) is 0. The molecule has 0 saturated carbocycles. The lowest BCUT2D eigenvalue weighted by Crippen LogP contribution is -2.52. The summed E-state index contributed by atoms with van der Waals surface area (Å²) in [6.07, 6.45) is -0.767.